The zero-order chi connectivity index (χ0) is 19.9. The van der Waals surface area contributed by atoms with Crippen LogP contribution in [0, 0.1) is 0 Å². The first-order valence-corrected chi connectivity index (χ1v) is 9.29. The van der Waals surface area contributed by atoms with Gasteiger partial charge in [0.05, 0.1) is 24.4 Å². The molecule has 0 radical (unpaired) electrons. The first kappa shape index (κ1) is 19.7. The maximum absolute atomic E-state index is 12.7. The van der Waals surface area contributed by atoms with Crippen molar-refractivity contribution in [1.82, 2.24) is 25.5 Å². The maximum Gasteiger partial charge on any atom is 0.288 e. The molecule has 10 heteroatoms. The normalized spacial score (nSPS) is 10.9. The van der Waals surface area contributed by atoms with Crippen LogP contribution in [0.1, 0.15) is 23.1 Å². The molecular formula is C18H17F2N5O2S. The van der Waals surface area contributed by atoms with Crippen molar-refractivity contribution in [3.05, 3.63) is 59.9 Å². The van der Waals surface area contributed by atoms with Gasteiger partial charge in [0.25, 0.3) is 11.7 Å². The second-order valence-corrected chi connectivity index (χ2v) is 6.52. The highest BCUT2D eigenvalue weighted by molar-refractivity contribution is 7.99. The Balaban J connectivity index is 1.71. The lowest BCUT2D eigenvalue weighted by molar-refractivity contribution is 0.0946. The van der Waals surface area contributed by atoms with E-state index < -0.39 is 11.7 Å². The Morgan fingerprint density at radius 1 is 1.21 bits per heavy atom. The van der Waals surface area contributed by atoms with Crippen LogP contribution < -0.4 is 10.1 Å². The highest BCUT2D eigenvalue weighted by atomic mass is 32.2. The van der Waals surface area contributed by atoms with E-state index in [0.29, 0.717) is 29.9 Å². The Labute approximate surface area is 164 Å². The fourth-order valence-electron chi connectivity index (χ4n) is 2.47. The summed E-state index contributed by atoms with van der Waals surface area (Å²) in [5, 5.41) is 14.2. The number of carbonyl (C=O) groups is 1. The van der Waals surface area contributed by atoms with Crippen molar-refractivity contribution >= 4 is 17.7 Å². The molecule has 0 unspecified atom stereocenters. The monoisotopic (exact) mass is 405 g/mol. The molecule has 0 atom stereocenters. The summed E-state index contributed by atoms with van der Waals surface area (Å²) in [6.45, 7) is 2.49. The maximum atomic E-state index is 12.7. The zero-order valence-electron chi connectivity index (χ0n) is 14.9. The van der Waals surface area contributed by atoms with Gasteiger partial charge in [-0.3, -0.25) is 4.79 Å². The van der Waals surface area contributed by atoms with Crippen LogP contribution in [0.15, 0.2) is 53.4 Å². The molecule has 0 aliphatic rings. The van der Waals surface area contributed by atoms with Crippen molar-refractivity contribution in [3.8, 4) is 11.4 Å². The predicted octanol–water partition coefficient (Wildman–Crippen LogP) is 3.31. The van der Waals surface area contributed by atoms with Gasteiger partial charge < -0.3 is 10.1 Å². The first-order chi connectivity index (χ1) is 13.6. The Kier molecular flexibility index (Phi) is 6.53. The number of hydrogen-bond donors (Lipinski definition) is 1. The Morgan fingerprint density at radius 2 is 1.96 bits per heavy atom. The molecule has 0 fully saturated rings. The topological polar surface area (TPSA) is 81.9 Å². The van der Waals surface area contributed by atoms with E-state index in [1.165, 1.54) is 16.8 Å². The number of amides is 1. The lowest BCUT2D eigenvalue weighted by Gasteiger charge is -2.10. The van der Waals surface area contributed by atoms with Gasteiger partial charge in [-0.25, -0.2) is 0 Å². The fraction of sp³-hybridized carbons (Fsp3) is 0.222. The highest BCUT2D eigenvalue weighted by Crippen LogP contribution is 2.28. The van der Waals surface area contributed by atoms with Crippen LogP contribution in [-0.2, 0) is 6.54 Å². The van der Waals surface area contributed by atoms with E-state index in [4.69, 9.17) is 4.74 Å². The van der Waals surface area contributed by atoms with Crippen molar-refractivity contribution in [3.63, 3.8) is 0 Å². The summed E-state index contributed by atoms with van der Waals surface area (Å²) in [6.07, 6.45) is 0. The lowest BCUT2D eigenvalue weighted by atomic mass is 10.2. The smallest absolute Gasteiger partial charge is 0.288 e. The number of ether oxygens (including phenoxy) is 1. The molecule has 7 nitrogen and oxygen atoms in total. The summed E-state index contributed by atoms with van der Waals surface area (Å²) < 4.78 is 32.2. The molecule has 28 heavy (non-hydrogen) atoms. The van der Waals surface area contributed by atoms with Crippen LogP contribution in [0.5, 0.6) is 5.75 Å². The second kappa shape index (κ2) is 9.27. The van der Waals surface area contributed by atoms with Crippen molar-refractivity contribution in [2.45, 2.75) is 24.1 Å². The third-order valence-electron chi connectivity index (χ3n) is 3.68. The minimum absolute atomic E-state index is 0.0344. The van der Waals surface area contributed by atoms with Crippen LogP contribution in [0.25, 0.3) is 5.69 Å². The molecule has 0 saturated carbocycles. The van der Waals surface area contributed by atoms with Crippen molar-refractivity contribution in [2.75, 3.05) is 6.61 Å². The number of halogens is 2. The molecule has 1 aromatic heterocycles. The molecule has 3 aromatic rings. The summed E-state index contributed by atoms with van der Waals surface area (Å²) in [5.74, 6) is -1.97. The first-order valence-electron chi connectivity index (χ1n) is 8.41. The third-order valence-corrected chi connectivity index (χ3v) is 4.47. The molecule has 0 saturated heterocycles. The number of benzene rings is 2. The van der Waals surface area contributed by atoms with E-state index >= 15 is 0 Å². The van der Waals surface area contributed by atoms with Gasteiger partial charge in [0.2, 0.25) is 0 Å². The fourth-order valence-corrected chi connectivity index (χ4v) is 3.11. The minimum Gasteiger partial charge on any atom is -0.494 e. The average Bonchev–Trinajstić information content (AvgIpc) is 3.15. The van der Waals surface area contributed by atoms with E-state index in [9.17, 15) is 13.6 Å². The molecular weight excluding hydrogens is 388 g/mol. The van der Waals surface area contributed by atoms with Crippen molar-refractivity contribution in [2.24, 2.45) is 0 Å². The molecule has 1 heterocycles. The number of nitrogens with zero attached hydrogens (tertiary/aromatic N) is 4. The van der Waals surface area contributed by atoms with Gasteiger partial charge in [0.15, 0.2) is 5.82 Å². The summed E-state index contributed by atoms with van der Waals surface area (Å²) >= 11 is 0.330. The molecule has 0 spiro atoms. The standard InChI is InChI=1S/C18H17F2N5O2S/c1-2-27-13-9-7-12(8-10-13)25-16(22-23-24-25)11-21-17(26)14-5-3-4-6-15(14)28-18(19)20/h3-10,18H,2,11H2,1H3,(H,21,26). The van der Waals surface area contributed by atoms with Crippen LogP contribution in [0.4, 0.5) is 8.78 Å². The molecule has 146 valence electrons. The van der Waals surface area contributed by atoms with Gasteiger partial charge in [-0.1, -0.05) is 23.9 Å². The third kappa shape index (κ3) is 4.83. The molecule has 3 rings (SSSR count). The predicted molar refractivity (Wildman–Crippen MR) is 99.8 cm³/mol. The summed E-state index contributed by atoms with van der Waals surface area (Å²) in [4.78, 5) is 12.7. The quantitative estimate of drug-likeness (QED) is 0.579. The summed E-state index contributed by atoms with van der Waals surface area (Å²) in [7, 11) is 0. The molecule has 1 N–H and O–H groups in total. The van der Waals surface area contributed by atoms with Crippen molar-refractivity contribution < 1.29 is 18.3 Å². The van der Waals surface area contributed by atoms with Gasteiger partial charge in [-0.2, -0.15) is 13.5 Å². The SMILES string of the molecule is CCOc1ccc(-n2nnnc2CNC(=O)c2ccccc2SC(F)F)cc1. The van der Waals surface area contributed by atoms with Crippen LogP contribution >= 0.6 is 11.8 Å². The van der Waals surface area contributed by atoms with E-state index in [-0.39, 0.29) is 17.0 Å². The second-order valence-electron chi connectivity index (χ2n) is 5.49. The average molecular weight is 405 g/mol. The van der Waals surface area contributed by atoms with Gasteiger partial charge in [0.1, 0.15) is 5.75 Å². The lowest BCUT2D eigenvalue weighted by Crippen LogP contribution is -2.25. The summed E-state index contributed by atoms with van der Waals surface area (Å²) in [5.41, 5.74) is 0.874. The number of carbonyl (C=O) groups excluding carboxylic acids is 1. The van der Waals surface area contributed by atoms with Gasteiger partial charge in [-0.15, -0.1) is 5.10 Å². The van der Waals surface area contributed by atoms with E-state index in [1.807, 2.05) is 6.92 Å². The van der Waals surface area contributed by atoms with E-state index in [0.717, 1.165) is 5.75 Å². The van der Waals surface area contributed by atoms with E-state index in [2.05, 4.69) is 20.8 Å². The number of nitrogens with one attached hydrogen (secondary N) is 1. The van der Waals surface area contributed by atoms with E-state index in [1.54, 1.807) is 36.4 Å². The molecule has 0 aliphatic heterocycles. The molecule has 2 aromatic carbocycles. The van der Waals surface area contributed by atoms with Gasteiger partial charge in [-0.05, 0) is 53.7 Å². The highest BCUT2D eigenvalue weighted by Gasteiger charge is 2.16. The number of rotatable bonds is 8. The number of thioether (sulfide) groups is 1. The van der Waals surface area contributed by atoms with Crippen LogP contribution in [0.3, 0.4) is 0 Å². The zero-order valence-corrected chi connectivity index (χ0v) is 15.7. The van der Waals surface area contributed by atoms with Crippen LogP contribution in [-0.4, -0.2) is 38.5 Å². The molecule has 0 bridgehead atoms. The number of tetrazole rings is 1. The Bertz CT molecular complexity index is 934. The Morgan fingerprint density at radius 3 is 2.68 bits per heavy atom. The molecule has 0 aliphatic carbocycles. The van der Waals surface area contributed by atoms with Gasteiger partial charge in [0, 0.05) is 4.90 Å². The minimum atomic E-state index is -2.61. The van der Waals surface area contributed by atoms with Gasteiger partial charge >= 0.3 is 0 Å². The number of alkyl halides is 2. The molecule has 1 amide bonds. The Hall–Kier alpha value is -3.01. The number of aromatic nitrogens is 4. The number of hydrogen-bond acceptors (Lipinski definition) is 6. The van der Waals surface area contributed by atoms with Crippen molar-refractivity contribution in [1.29, 1.82) is 0 Å². The summed E-state index contributed by atoms with van der Waals surface area (Å²) in [6, 6.07) is 13.4. The van der Waals surface area contributed by atoms with Crippen LogP contribution in [0.2, 0.25) is 0 Å². The largest absolute Gasteiger partial charge is 0.494 e.